The fraction of sp³-hybridized carbons (Fsp3) is 0.429. The van der Waals surface area contributed by atoms with Gasteiger partial charge in [-0.25, -0.2) is 0 Å². The number of ether oxygens (including phenoxy) is 1. The molecule has 18 heavy (non-hydrogen) atoms. The third kappa shape index (κ3) is 3.87. The molecule has 1 atom stereocenters. The van der Waals surface area contributed by atoms with Crippen LogP contribution in [0.25, 0.3) is 0 Å². The number of nitrogens with one attached hydrogen (secondary N) is 1. The Balaban J connectivity index is 2.67. The van der Waals surface area contributed by atoms with E-state index in [0.29, 0.717) is 5.56 Å². The van der Waals surface area contributed by atoms with Gasteiger partial charge in [0.05, 0.1) is 13.5 Å². The summed E-state index contributed by atoms with van der Waals surface area (Å²) in [5.41, 5.74) is 2.68. The lowest BCUT2D eigenvalue weighted by molar-refractivity contribution is -0.141. The second-order valence-corrected chi connectivity index (χ2v) is 4.47. The van der Waals surface area contributed by atoms with E-state index in [0.717, 1.165) is 11.1 Å². The number of aryl methyl sites for hydroxylation is 2. The fourth-order valence-corrected chi connectivity index (χ4v) is 1.75. The molecule has 0 spiro atoms. The molecular weight excluding hydrogens is 230 g/mol. The highest BCUT2D eigenvalue weighted by atomic mass is 16.5. The van der Waals surface area contributed by atoms with Crippen molar-refractivity contribution in [1.29, 1.82) is 0 Å². The van der Waals surface area contributed by atoms with Crippen molar-refractivity contribution in [3.05, 3.63) is 34.9 Å². The van der Waals surface area contributed by atoms with Crippen molar-refractivity contribution < 1.29 is 14.3 Å². The first-order chi connectivity index (χ1) is 8.43. The molecule has 1 aromatic carbocycles. The Labute approximate surface area is 107 Å². The lowest BCUT2D eigenvalue weighted by Crippen LogP contribution is -2.34. The largest absolute Gasteiger partial charge is 0.469 e. The van der Waals surface area contributed by atoms with Crippen molar-refractivity contribution in [3.8, 4) is 0 Å². The molecule has 98 valence electrons. The van der Waals surface area contributed by atoms with Crippen LogP contribution in [0.4, 0.5) is 0 Å². The van der Waals surface area contributed by atoms with Crippen LogP contribution in [0.3, 0.4) is 0 Å². The van der Waals surface area contributed by atoms with Gasteiger partial charge in [-0.2, -0.15) is 0 Å². The van der Waals surface area contributed by atoms with Crippen molar-refractivity contribution >= 4 is 11.9 Å². The number of benzene rings is 1. The first kappa shape index (κ1) is 14.2. The highest BCUT2D eigenvalue weighted by molar-refractivity contribution is 5.96. The van der Waals surface area contributed by atoms with E-state index in [-0.39, 0.29) is 24.3 Å². The van der Waals surface area contributed by atoms with E-state index in [4.69, 9.17) is 0 Å². The van der Waals surface area contributed by atoms with Crippen molar-refractivity contribution in [2.45, 2.75) is 33.2 Å². The lowest BCUT2D eigenvalue weighted by Gasteiger charge is -2.14. The summed E-state index contributed by atoms with van der Waals surface area (Å²) in [6, 6.07) is 5.41. The van der Waals surface area contributed by atoms with E-state index in [1.807, 2.05) is 26.0 Å². The molecule has 0 bridgehead atoms. The first-order valence-corrected chi connectivity index (χ1v) is 5.89. The molecule has 0 saturated heterocycles. The topological polar surface area (TPSA) is 55.4 Å². The third-order valence-electron chi connectivity index (χ3n) is 2.70. The molecule has 4 heteroatoms. The molecule has 0 fully saturated rings. The van der Waals surface area contributed by atoms with Gasteiger partial charge in [-0.3, -0.25) is 9.59 Å². The summed E-state index contributed by atoms with van der Waals surface area (Å²) in [5, 5.41) is 2.78. The SMILES string of the molecule is COC(=O)CC(C)NC(=O)c1ccc(C)cc1C. The van der Waals surface area contributed by atoms with Crippen LogP contribution in [0.5, 0.6) is 0 Å². The summed E-state index contributed by atoms with van der Waals surface area (Å²) in [6.07, 6.45) is 0.174. The average Bonchev–Trinajstić information content (AvgIpc) is 2.28. The molecule has 1 rings (SSSR count). The number of hydrogen-bond donors (Lipinski definition) is 1. The fourth-order valence-electron chi connectivity index (χ4n) is 1.75. The Kier molecular flexibility index (Phi) is 4.89. The van der Waals surface area contributed by atoms with Crippen LogP contribution in [0, 0.1) is 13.8 Å². The van der Waals surface area contributed by atoms with E-state index in [9.17, 15) is 9.59 Å². The normalized spacial score (nSPS) is 11.8. The lowest BCUT2D eigenvalue weighted by atomic mass is 10.0. The number of amides is 1. The Morgan fingerprint density at radius 2 is 2.00 bits per heavy atom. The number of carbonyl (C=O) groups excluding carboxylic acids is 2. The Hall–Kier alpha value is -1.84. The predicted octanol–water partition coefficient (Wildman–Crippen LogP) is 1.98. The molecule has 0 aliphatic carbocycles. The van der Waals surface area contributed by atoms with E-state index in [2.05, 4.69) is 10.1 Å². The van der Waals surface area contributed by atoms with Gasteiger partial charge in [0.25, 0.3) is 5.91 Å². The number of esters is 1. The smallest absolute Gasteiger partial charge is 0.307 e. The van der Waals surface area contributed by atoms with Crippen LogP contribution in [0.2, 0.25) is 0 Å². The van der Waals surface area contributed by atoms with Gasteiger partial charge in [0.15, 0.2) is 0 Å². The van der Waals surface area contributed by atoms with Gasteiger partial charge in [-0.15, -0.1) is 0 Å². The summed E-state index contributed by atoms with van der Waals surface area (Å²) in [7, 11) is 1.33. The maximum Gasteiger partial charge on any atom is 0.307 e. The zero-order valence-corrected chi connectivity index (χ0v) is 11.2. The molecule has 1 aromatic rings. The van der Waals surface area contributed by atoms with Crippen molar-refractivity contribution in [3.63, 3.8) is 0 Å². The minimum absolute atomic E-state index is 0.163. The van der Waals surface area contributed by atoms with Crippen molar-refractivity contribution in [2.75, 3.05) is 7.11 Å². The van der Waals surface area contributed by atoms with Crippen LogP contribution >= 0.6 is 0 Å². The van der Waals surface area contributed by atoms with Crippen LogP contribution in [-0.4, -0.2) is 25.0 Å². The molecule has 0 aliphatic rings. The van der Waals surface area contributed by atoms with Crippen LogP contribution < -0.4 is 5.32 Å². The van der Waals surface area contributed by atoms with Gasteiger partial charge >= 0.3 is 5.97 Å². The number of rotatable bonds is 4. The van der Waals surface area contributed by atoms with Crippen LogP contribution in [-0.2, 0) is 9.53 Å². The quantitative estimate of drug-likeness (QED) is 0.830. The maximum absolute atomic E-state index is 12.0. The summed E-state index contributed by atoms with van der Waals surface area (Å²) >= 11 is 0. The Morgan fingerprint density at radius 1 is 1.33 bits per heavy atom. The second kappa shape index (κ2) is 6.19. The Bertz CT molecular complexity index is 454. The van der Waals surface area contributed by atoms with Gasteiger partial charge in [0, 0.05) is 11.6 Å². The van der Waals surface area contributed by atoms with Gasteiger partial charge in [0.2, 0.25) is 0 Å². The summed E-state index contributed by atoms with van der Waals surface area (Å²) in [6.45, 7) is 5.65. The molecule has 0 saturated carbocycles. The summed E-state index contributed by atoms with van der Waals surface area (Å²) in [4.78, 5) is 23.1. The van der Waals surface area contributed by atoms with Gasteiger partial charge in [-0.1, -0.05) is 17.7 Å². The molecule has 1 amide bonds. The minimum atomic E-state index is -0.330. The van der Waals surface area contributed by atoms with Gasteiger partial charge in [0.1, 0.15) is 0 Å². The minimum Gasteiger partial charge on any atom is -0.469 e. The highest BCUT2D eigenvalue weighted by Crippen LogP contribution is 2.10. The second-order valence-electron chi connectivity index (χ2n) is 4.47. The summed E-state index contributed by atoms with van der Waals surface area (Å²) < 4.78 is 4.56. The first-order valence-electron chi connectivity index (χ1n) is 5.89. The van der Waals surface area contributed by atoms with Crippen molar-refractivity contribution in [2.24, 2.45) is 0 Å². The van der Waals surface area contributed by atoms with Gasteiger partial charge in [-0.05, 0) is 32.4 Å². The van der Waals surface area contributed by atoms with E-state index in [1.54, 1.807) is 13.0 Å². The molecule has 1 N–H and O–H groups in total. The molecule has 0 aromatic heterocycles. The molecule has 4 nitrogen and oxygen atoms in total. The van der Waals surface area contributed by atoms with Crippen LogP contribution in [0.1, 0.15) is 34.8 Å². The highest BCUT2D eigenvalue weighted by Gasteiger charge is 2.14. The third-order valence-corrected chi connectivity index (χ3v) is 2.70. The Morgan fingerprint density at radius 3 is 2.56 bits per heavy atom. The molecule has 0 aliphatic heterocycles. The number of methoxy groups -OCH3 is 1. The zero-order chi connectivity index (χ0) is 13.7. The van der Waals surface area contributed by atoms with E-state index < -0.39 is 0 Å². The molecule has 0 radical (unpaired) electrons. The zero-order valence-electron chi connectivity index (χ0n) is 11.2. The molecular formula is C14H19NO3. The maximum atomic E-state index is 12.0. The monoisotopic (exact) mass is 249 g/mol. The molecule has 1 unspecified atom stereocenters. The predicted molar refractivity (Wildman–Crippen MR) is 69.5 cm³/mol. The van der Waals surface area contributed by atoms with Crippen molar-refractivity contribution in [1.82, 2.24) is 5.32 Å². The number of carbonyl (C=O) groups is 2. The standard InChI is InChI=1S/C14H19NO3/c1-9-5-6-12(10(2)7-9)14(17)15-11(3)8-13(16)18-4/h5-7,11H,8H2,1-4H3,(H,15,17). The van der Waals surface area contributed by atoms with E-state index >= 15 is 0 Å². The van der Waals surface area contributed by atoms with Crippen LogP contribution in [0.15, 0.2) is 18.2 Å². The average molecular weight is 249 g/mol. The van der Waals surface area contributed by atoms with Gasteiger partial charge < -0.3 is 10.1 Å². The van der Waals surface area contributed by atoms with E-state index in [1.165, 1.54) is 7.11 Å². The number of hydrogen-bond acceptors (Lipinski definition) is 3. The molecule has 0 heterocycles. The summed E-state index contributed by atoms with van der Waals surface area (Å²) in [5.74, 6) is -0.493.